The second-order valence-corrected chi connectivity index (χ2v) is 6.00. The SMILES string of the molecule is CCOC(=O)c1nnc(Cl)cc1N1CCC2(CC1)CC2. The van der Waals surface area contributed by atoms with Gasteiger partial charge in [-0.1, -0.05) is 11.6 Å². The van der Waals surface area contributed by atoms with Gasteiger partial charge < -0.3 is 9.64 Å². The van der Waals surface area contributed by atoms with Crippen LogP contribution in [0.2, 0.25) is 5.15 Å². The molecule has 5 nitrogen and oxygen atoms in total. The summed E-state index contributed by atoms with van der Waals surface area (Å²) in [5, 5.41) is 8.00. The summed E-state index contributed by atoms with van der Waals surface area (Å²) in [6.45, 7) is 3.98. The average Bonchev–Trinajstić information content (AvgIpc) is 3.19. The number of nitrogens with zero attached hydrogens (tertiary/aromatic N) is 3. The monoisotopic (exact) mass is 295 g/mol. The van der Waals surface area contributed by atoms with Crippen LogP contribution >= 0.6 is 11.6 Å². The molecular formula is C14H18ClN3O2. The fourth-order valence-corrected chi connectivity index (χ4v) is 2.98. The molecule has 1 saturated carbocycles. The summed E-state index contributed by atoms with van der Waals surface area (Å²) in [6, 6.07) is 1.71. The Morgan fingerprint density at radius 1 is 1.35 bits per heavy atom. The van der Waals surface area contributed by atoms with Crippen molar-refractivity contribution in [3.8, 4) is 0 Å². The number of piperidine rings is 1. The van der Waals surface area contributed by atoms with Crippen molar-refractivity contribution < 1.29 is 9.53 Å². The zero-order valence-corrected chi connectivity index (χ0v) is 12.3. The minimum atomic E-state index is -0.432. The van der Waals surface area contributed by atoms with Gasteiger partial charge in [-0.3, -0.25) is 0 Å². The molecule has 0 bridgehead atoms. The van der Waals surface area contributed by atoms with Gasteiger partial charge in [0.05, 0.1) is 12.3 Å². The van der Waals surface area contributed by atoms with Crippen LogP contribution in [-0.4, -0.2) is 35.9 Å². The summed E-state index contributed by atoms with van der Waals surface area (Å²) >= 11 is 5.93. The Morgan fingerprint density at radius 2 is 2.05 bits per heavy atom. The lowest BCUT2D eigenvalue weighted by molar-refractivity contribution is 0.0519. The van der Waals surface area contributed by atoms with Crippen LogP contribution in [0.5, 0.6) is 0 Å². The van der Waals surface area contributed by atoms with Gasteiger partial charge in [0.2, 0.25) is 0 Å². The Kier molecular flexibility index (Phi) is 3.54. The van der Waals surface area contributed by atoms with E-state index >= 15 is 0 Å². The summed E-state index contributed by atoms with van der Waals surface area (Å²) in [5.41, 5.74) is 1.60. The van der Waals surface area contributed by atoms with E-state index in [4.69, 9.17) is 16.3 Å². The average molecular weight is 296 g/mol. The van der Waals surface area contributed by atoms with E-state index in [1.807, 2.05) is 0 Å². The highest BCUT2D eigenvalue weighted by atomic mass is 35.5. The maximum Gasteiger partial charge on any atom is 0.361 e. The van der Waals surface area contributed by atoms with Crippen molar-refractivity contribution in [3.63, 3.8) is 0 Å². The van der Waals surface area contributed by atoms with Crippen molar-refractivity contribution in [2.75, 3.05) is 24.6 Å². The predicted octanol–water partition coefficient (Wildman–Crippen LogP) is 2.69. The van der Waals surface area contributed by atoms with Crippen LogP contribution in [-0.2, 0) is 4.74 Å². The van der Waals surface area contributed by atoms with Gasteiger partial charge in [-0.05, 0) is 38.0 Å². The van der Waals surface area contributed by atoms with Gasteiger partial charge in [-0.2, -0.15) is 0 Å². The van der Waals surface area contributed by atoms with Crippen LogP contribution < -0.4 is 4.90 Å². The first kappa shape index (κ1) is 13.6. The van der Waals surface area contributed by atoms with Gasteiger partial charge >= 0.3 is 5.97 Å². The van der Waals surface area contributed by atoms with Crippen molar-refractivity contribution in [1.29, 1.82) is 0 Å². The Labute approximate surface area is 123 Å². The van der Waals surface area contributed by atoms with E-state index in [0.29, 0.717) is 17.2 Å². The van der Waals surface area contributed by atoms with Crippen LogP contribution in [0.4, 0.5) is 5.69 Å². The molecule has 108 valence electrons. The van der Waals surface area contributed by atoms with Crippen molar-refractivity contribution in [1.82, 2.24) is 10.2 Å². The Hall–Kier alpha value is -1.36. The standard InChI is InChI=1S/C14H18ClN3O2/c1-2-20-13(19)12-10(9-11(15)16-17-12)18-7-5-14(3-4-14)6-8-18/h9H,2-8H2,1H3. The van der Waals surface area contributed by atoms with Crippen LogP contribution in [0, 0.1) is 5.41 Å². The molecule has 1 spiro atoms. The van der Waals surface area contributed by atoms with Crippen LogP contribution in [0.1, 0.15) is 43.1 Å². The second kappa shape index (κ2) is 5.20. The largest absolute Gasteiger partial charge is 0.461 e. The number of carbonyl (C=O) groups is 1. The first-order chi connectivity index (χ1) is 9.63. The quantitative estimate of drug-likeness (QED) is 0.803. The number of carbonyl (C=O) groups excluding carboxylic acids is 1. The lowest BCUT2D eigenvalue weighted by Gasteiger charge is -2.34. The molecule has 2 heterocycles. The van der Waals surface area contributed by atoms with Gasteiger partial charge in [-0.25, -0.2) is 4.79 Å². The lowest BCUT2D eigenvalue weighted by atomic mass is 9.93. The molecule has 0 radical (unpaired) electrons. The molecule has 0 amide bonds. The molecule has 0 N–H and O–H groups in total. The second-order valence-electron chi connectivity index (χ2n) is 5.61. The first-order valence-corrected chi connectivity index (χ1v) is 7.47. The van der Waals surface area contributed by atoms with E-state index < -0.39 is 5.97 Å². The number of hydrogen-bond donors (Lipinski definition) is 0. The fraction of sp³-hybridized carbons (Fsp3) is 0.643. The molecule has 0 unspecified atom stereocenters. The van der Waals surface area contributed by atoms with E-state index in [9.17, 15) is 4.79 Å². The van der Waals surface area contributed by atoms with Gasteiger partial charge in [-0.15, -0.1) is 10.2 Å². The molecule has 1 aliphatic heterocycles. The van der Waals surface area contributed by atoms with E-state index in [2.05, 4.69) is 15.1 Å². The molecule has 0 atom stereocenters. The third-order valence-corrected chi connectivity index (χ3v) is 4.52. The van der Waals surface area contributed by atoms with E-state index in [1.165, 1.54) is 25.7 Å². The maximum absolute atomic E-state index is 12.0. The zero-order chi connectivity index (χ0) is 14.2. The van der Waals surface area contributed by atoms with Gasteiger partial charge in [0.1, 0.15) is 0 Å². The summed E-state index contributed by atoms with van der Waals surface area (Å²) in [4.78, 5) is 14.1. The lowest BCUT2D eigenvalue weighted by Crippen LogP contribution is -2.35. The predicted molar refractivity (Wildman–Crippen MR) is 76.1 cm³/mol. The molecule has 1 aliphatic carbocycles. The van der Waals surface area contributed by atoms with Gasteiger partial charge in [0.25, 0.3) is 0 Å². The Bertz CT molecular complexity index is 521. The number of aromatic nitrogens is 2. The first-order valence-electron chi connectivity index (χ1n) is 7.09. The van der Waals surface area contributed by atoms with Crippen LogP contribution in [0.15, 0.2) is 6.07 Å². The number of ether oxygens (including phenoxy) is 1. The highest BCUT2D eigenvalue weighted by Crippen LogP contribution is 2.54. The Morgan fingerprint density at radius 3 is 2.65 bits per heavy atom. The third kappa shape index (κ3) is 2.59. The highest BCUT2D eigenvalue weighted by Gasteiger charge is 2.44. The normalized spacial score (nSPS) is 20.0. The number of rotatable bonds is 3. The molecule has 1 saturated heterocycles. The summed E-state index contributed by atoms with van der Waals surface area (Å²) in [5.74, 6) is -0.432. The molecule has 2 aliphatic rings. The van der Waals surface area contributed by atoms with Crippen LogP contribution in [0.3, 0.4) is 0 Å². The molecule has 3 rings (SSSR count). The topological polar surface area (TPSA) is 55.3 Å². The molecular weight excluding hydrogens is 278 g/mol. The summed E-state index contributed by atoms with van der Waals surface area (Å²) < 4.78 is 5.04. The molecule has 1 aromatic heterocycles. The zero-order valence-electron chi connectivity index (χ0n) is 11.6. The van der Waals surface area contributed by atoms with Gasteiger partial charge in [0.15, 0.2) is 10.8 Å². The number of anilines is 1. The van der Waals surface area contributed by atoms with Crippen molar-refractivity contribution in [2.24, 2.45) is 5.41 Å². The smallest absolute Gasteiger partial charge is 0.361 e. The molecule has 1 aromatic rings. The summed E-state index contributed by atoms with van der Waals surface area (Å²) in [7, 11) is 0. The number of esters is 1. The van der Waals surface area contributed by atoms with Crippen molar-refractivity contribution in [3.05, 3.63) is 16.9 Å². The number of hydrogen-bond acceptors (Lipinski definition) is 5. The highest BCUT2D eigenvalue weighted by molar-refractivity contribution is 6.29. The molecule has 20 heavy (non-hydrogen) atoms. The van der Waals surface area contributed by atoms with Gasteiger partial charge in [0, 0.05) is 19.2 Å². The van der Waals surface area contributed by atoms with E-state index in [1.54, 1.807) is 13.0 Å². The fourth-order valence-electron chi connectivity index (χ4n) is 2.84. The summed E-state index contributed by atoms with van der Waals surface area (Å²) in [6.07, 6.45) is 5.05. The van der Waals surface area contributed by atoms with E-state index in [-0.39, 0.29) is 5.69 Å². The maximum atomic E-state index is 12.0. The minimum absolute atomic E-state index is 0.267. The third-order valence-electron chi connectivity index (χ3n) is 4.33. The van der Waals surface area contributed by atoms with E-state index in [0.717, 1.165) is 18.8 Å². The van der Waals surface area contributed by atoms with Crippen molar-refractivity contribution in [2.45, 2.75) is 32.6 Å². The van der Waals surface area contributed by atoms with Crippen molar-refractivity contribution >= 4 is 23.3 Å². The van der Waals surface area contributed by atoms with Crippen LogP contribution in [0.25, 0.3) is 0 Å². The molecule has 2 fully saturated rings. The minimum Gasteiger partial charge on any atom is -0.461 e. The Balaban J connectivity index is 1.83. The molecule has 0 aromatic carbocycles. The number of halogens is 1. The molecule has 6 heteroatoms.